The van der Waals surface area contributed by atoms with E-state index in [9.17, 15) is 9.59 Å². The van der Waals surface area contributed by atoms with Crippen LogP contribution in [0.25, 0.3) is 0 Å². The lowest BCUT2D eigenvalue weighted by atomic mass is 10.1. The van der Waals surface area contributed by atoms with Gasteiger partial charge in [0.2, 0.25) is 0 Å². The molecule has 0 heterocycles. The lowest BCUT2D eigenvalue weighted by Gasteiger charge is -2.22. The maximum absolute atomic E-state index is 12.3. The minimum absolute atomic E-state index is 0.579. The number of aryl methyl sites for hydroxylation is 1. The van der Waals surface area contributed by atoms with Crippen molar-refractivity contribution in [3.8, 4) is 0 Å². The minimum atomic E-state index is -0.696. The summed E-state index contributed by atoms with van der Waals surface area (Å²) in [5.41, 5.74) is 4.16. The van der Waals surface area contributed by atoms with Crippen molar-refractivity contribution >= 4 is 34.6 Å². The van der Waals surface area contributed by atoms with E-state index >= 15 is 0 Å². The van der Waals surface area contributed by atoms with Gasteiger partial charge in [-0.05, 0) is 62.7 Å². The van der Waals surface area contributed by atoms with E-state index in [2.05, 4.69) is 29.4 Å². The first kappa shape index (κ1) is 20.3. The standard InChI is InChI=1S/C21H28N4O2/c1-6-25(7-2)18-11-12-19(15(3)13-18)23-21(27)20(26)22-16-9-8-10-17(14-16)24(4)5/h8-14H,6-7H2,1-5H3,(H,22,26)(H,23,27). The highest BCUT2D eigenvalue weighted by atomic mass is 16.2. The van der Waals surface area contributed by atoms with E-state index in [-0.39, 0.29) is 0 Å². The van der Waals surface area contributed by atoms with Gasteiger partial charge >= 0.3 is 11.8 Å². The fourth-order valence-corrected chi connectivity index (χ4v) is 2.80. The van der Waals surface area contributed by atoms with Crippen molar-refractivity contribution < 1.29 is 9.59 Å². The molecular formula is C21H28N4O2. The maximum Gasteiger partial charge on any atom is 0.314 e. The Morgan fingerprint density at radius 3 is 2.15 bits per heavy atom. The Morgan fingerprint density at radius 2 is 1.56 bits per heavy atom. The van der Waals surface area contributed by atoms with E-state index in [0.29, 0.717) is 11.4 Å². The van der Waals surface area contributed by atoms with Crippen LogP contribution in [0.15, 0.2) is 42.5 Å². The van der Waals surface area contributed by atoms with Gasteiger partial charge in [-0.15, -0.1) is 0 Å². The Bertz CT molecular complexity index is 814. The second-order valence-electron chi connectivity index (χ2n) is 6.52. The second-order valence-corrected chi connectivity index (χ2v) is 6.52. The molecule has 6 nitrogen and oxygen atoms in total. The Kier molecular flexibility index (Phi) is 6.82. The van der Waals surface area contributed by atoms with E-state index in [1.54, 1.807) is 6.07 Å². The molecule has 2 N–H and O–H groups in total. The van der Waals surface area contributed by atoms with Crippen LogP contribution in [-0.2, 0) is 9.59 Å². The fraction of sp³-hybridized carbons (Fsp3) is 0.333. The van der Waals surface area contributed by atoms with Gasteiger partial charge in [-0.25, -0.2) is 0 Å². The molecule has 0 bridgehead atoms. The summed E-state index contributed by atoms with van der Waals surface area (Å²) in [5, 5.41) is 5.33. The molecule has 0 spiro atoms. The molecule has 27 heavy (non-hydrogen) atoms. The van der Waals surface area contributed by atoms with Crippen LogP contribution >= 0.6 is 0 Å². The molecule has 0 radical (unpaired) electrons. The first-order chi connectivity index (χ1) is 12.8. The quantitative estimate of drug-likeness (QED) is 0.766. The van der Waals surface area contributed by atoms with Crippen LogP contribution in [-0.4, -0.2) is 39.0 Å². The van der Waals surface area contributed by atoms with Gasteiger partial charge in [0.05, 0.1) is 0 Å². The summed E-state index contributed by atoms with van der Waals surface area (Å²) in [4.78, 5) is 28.7. The average molecular weight is 368 g/mol. The van der Waals surface area contributed by atoms with Gasteiger partial charge in [0.1, 0.15) is 0 Å². The van der Waals surface area contributed by atoms with Crippen LogP contribution in [0.5, 0.6) is 0 Å². The Morgan fingerprint density at radius 1 is 0.889 bits per heavy atom. The third-order valence-electron chi connectivity index (χ3n) is 4.41. The number of anilines is 4. The highest BCUT2D eigenvalue weighted by Crippen LogP contribution is 2.23. The van der Waals surface area contributed by atoms with Crippen molar-refractivity contribution in [1.29, 1.82) is 0 Å². The maximum atomic E-state index is 12.3. The molecular weight excluding hydrogens is 340 g/mol. The van der Waals surface area contributed by atoms with E-state index in [1.165, 1.54) is 0 Å². The van der Waals surface area contributed by atoms with Gasteiger partial charge in [0.15, 0.2) is 0 Å². The number of benzene rings is 2. The van der Waals surface area contributed by atoms with Crippen molar-refractivity contribution in [2.45, 2.75) is 20.8 Å². The zero-order chi connectivity index (χ0) is 20.0. The summed E-state index contributed by atoms with van der Waals surface area (Å²) in [6, 6.07) is 13.1. The molecule has 0 saturated heterocycles. The lowest BCUT2D eigenvalue weighted by molar-refractivity contribution is -0.133. The number of rotatable bonds is 6. The van der Waals surface area contributed by atoms with Gasteiger partial charge in [-0.3, -0.25) is 9.59 Å². The molecule has 2 aromatic carbocycles. The monoisotopic (exact) mass is 368 g/mol. The van der Waals surface area contributed by atoms with E-state index in [4.69, 9.17) is 0 Å². The van der Waals surface area contributed by atoms with Gasteiger partial charge in [-0.1, -0.05) is 6.07 Å². The molecule has 2 amide bonds. The minimum Gasteiger partial charge on any atom is -0.378 e. The number of nitrogens with zero attached hydrogens (tertiary/aromatic N) is 2. The SMILES string of the molecule is CCN(CC)c1ccc(NC(=O)C(=O)Nc2cccc(N(C)C)c2)c(C)c1. The first-order valence-electron chi connectivity index (χ1n) is 9.11. The molecule has 0 saturated carbocycles. The van der Waals surface area contributed by atoms with E-state index < -0.39 is 11.8 Å². The lowest BCUT2D eigenvalue weighted by Crippen LogP contribution is -2.29. The van der Waals surface area contributed by atoms with E-state index in [1.807, 2.05) is 62.3 Å². The third-order valence-corrected chi connectivity index (χ3v) is 4.41. The summed E-state index contributed by atoms with van der Waals surface area (Å²) < 4.78 is 0. The number of hydrogen-bond donors (Lipinski definition) is 2. The third kappa shape index (κ3) is 5.23. The van der Waals surface area contributed by atoms with Crippen molar-refractivity contribution in [2.75, 3.05) is 47.6 Å². The van der Waals surface area contributed by atoms with Crippen molar-refractivity contribution in [3.63, 3.8) is 0 Å². The highest BCUT2D eigenvalue weighted by molar-refractivity contribution is 6.43. The molecule has 0 atom stereocenters. The number of hydrogen-bond acceptors (Lipinski definition) is 4. The van der Waals surface area contributed by atoms with E-state index in [0.717, 1.165) is 30.0 Å². The fourth-order valence-electron chi connectivity index (χ4n) is 2.80. The topological polar surface area (TPSA) is 64.7 Å². The normalized spacial score (nSPS) is 10.3. The smallest absolute Gasteiger partial charge is 0.314 e. The molecule has 0 aliphatic carbocycles. The Hall–Kier alpha value is -3.02. The molecule has 0 unspecified atom stereocenters. The number of carbonyl (C=O) groups excluding carboxylic acids is 2. The largest absolute Gasteiger partial charge is 0.378 e. The summed E-state index contributed by atoms with van der Waals surface area (Å²) in [5.74, 6) is -1.39. The Labute approximate surface area is 161 Å². The second kappa shape index (κ2) is 9.07. The summed E-state index contributed by atoms with van der Waals surface area (Å²) >= 11 is 0. The van der Waals surface area contributed by atoms with Crippen LogP contribution in [0.1, 0.15) is 19.4 Å². The van der Waals surface area contributed by atoms with Gasteiger partial charge in [-0.2, -0.15) is 0 Å². The number of carbonyl (C=O) groups is 2. The zero-order valence-electron chi connectivity index (χ0n) is 16.7. The summed E-state index contributed by atoms with van der Waals surface area (Å²) in [7, 11) is 3.83. The first-order valence-corrected chi connectivity index (χ1v) is 9.11. The van der Waals surface area contributed by atoms with Crippen molar-refractivity contribution in [1.82, 2.24) is 0 Å². The van der Waals surface area contributed by atoms with Gasteiger partial charge < -0.3 is 20.4 Å². The number of nitrogens with one attached hydrogen (secondary N) is 2. The molecule has 6 heteroatoms. The molecule has 0 fully saturated rings. The van der Waals surface area contributed by atoms with Crippen LogP contribution in [0.2, 0.25) is 0 Å². The molecule has 0 aliphatic heterocycles. The molecule has 0 aromatic heterocycles. The van der Waals surface area contributed by atoms with Crippen molar-refractivity contribution in [2.24, 2.45) is 0 Å². The van der Waals surface area contributed by atoms with Crippen LogP contribution < -0.4 is 20.4 Å². The average Bonchev–Trinajstić information content (AvgIpc) is 2.65. The summed E-state index contributed by atoms with van der Waals surface area (Å²) in [6.07, 6.45) is 0. The number of amides is 2. The predicted octanol–water partition coefficient (Wildman–Crippen LogP) is 3.48. The summed E-state index contributed by atoms with van der Waals surface area (Å²) in [6.45, 7) is 7.95. The van der Waals surface area contributed by atoms with Crippen LogP contribution in [0.3, 0.4) is 0 Å². The van der Waals surface area contributed by atoms with Gasteiger partial charge in [0.25, 0.3) is 0 Å². The van der Waals surface area contributed by atoms with Crippen LogP contribution in [0.4, 0.5) is 22.7 Å². The van der Waals surface area contributed by atoms with Crippen molar-refractivity contribution in [3.05, 3.63) is 48.0 Å². The molecule has 2 rings (SSSR count). The highest BCUT2D eigenvalue weighted by Gasteiger charge is 2.16. The molecule has 0 aliphatic rings. The molecule has 2 aromatic rings. The Balaban J connectivity index is 2.06. The molecule has 144 valence electrons. The predicted molar refractivity (Wildman–Crippen MR) is 113 cm³/mol. The van der Waals surface area contributed by atoms with Gasteiger partial charge in [0, 0.05) is 49.9 Å². The van der Waals surface area contributed by atoms with Crippen LogP contribution in [0, 0.1) is 6.92 Å². The zero-order valence-corrected chi connectivity index (χ0v) is 16.7.